The summed E-state index contributed by atoms with van der Waals surface area (Å²) in [6.07, 6.45) is 5.39. The summed E-state index contributed by atoms with van der Waals surface area (Å²) in [5, 5.41) is 3.45. The van der Waals surface area contributed by atoms with Crippen LogP contribution in [-0.2, 0) is 6.54 Å². The number of aliphatic imine (C=N–C) groups is 1. The third-order valence-corrected chi connectivity index (χ3v) is 5.69. The summed E-state index contributed by atoms with van der Waals surface area (Å²) < 4.78 is 16.4. The third-order valence-electron chi connectivity index (χ3n) is 5.69. The molecule has 0 atom stereocenters. The van der Waals surface area contributed by atoms with Gasteiger partial charge in [-0.2, -0.15) is 0 Å². The highest BCUT2D eigenvalue weighted by atomic mass is 127. The first-order valence-corrected chi connectivity index (χ1v) is 9.47. The van der Waals surface area contributed by atoms with Crippen LogP contribution in [0.3, 0.4) is 0 Å². The molecule has 1 aromatic rings. The molecule has 152 valence electrons. The van der Waals surface area contributed by atoms with E-state index in [4.69, 9.17) is 19.2 Å². The van der Waals surface area contributed by atoms with Crippen molar-refractivity contribution >= 4 is 29.9 Å². The third kappa shape index (κ3) is 4.73. The van der Waals surface area contributed by atoms with Gasteiger partial charge in [0.25, 0.3) is 0 Å². The van der Waals surface area contributed by atoms with Crippen LogP contribution in [0.1, 0.15) is 38.2 Å². The van der Waals surface area contributed by atoms with Gasteiger partial charge in [-0.25, -0.2) is 4.99 Å². The predicted molar refractivity (Wildman–Crippen MR) is 119 cm³/mol. The number of nitrogens with zero attached hydrogens (tertiary/aromatic N) is 2. The molecule has 1 spiro atoms. The molecular formula is C20H32IN3O3. The lowest BCUT2D eigenvalue weighted by atomic mass is 9.68. The SMILES string of the molecule is CCNC(=NCc1c(OC)cc(OC)cc1OC)N1CCC2(CCC2)C1.I. The van der Waals surface area contributed by atoms with Gasteiger partial charge in [0.15, 0.2) is 5.96 Å². The van der Waals surface area contributed by atoms with Crippen LogP contribution < -0.4 is 19.5 Å². The Morgan fingerprint density at radius 1 is 1.11 bits per heavy atom. The topological polar surface area (TPSA) is 55.3 Å². The number of halogens is 1. The maximum atomic E-state index is 5.54. The zero-order chi connectivity index (χ0) is 18.6. The van der Waals surface area contributed by atoms with Crippen molar-refractivity contribution in [1.29, 1.82) is 0 Å². The first-order chi connectivity index (χ1) is 12.6. The zero-order valence-corrected chi connectivity index (χ0v) is 19.2. The summed E-state index contributed by atoms with van der Waals surface area (Å²) in [6, 6.07) is 3.75. The largest absolute Gasteiger partial charge is 0.496 e. The zero-order valence-electron chi connectivity index (χ0n) is 16.8. The minimum atomic E-state index is 0. The molecule has 1 saturated carbocycles. The molecule has 1 saturated heterocycles. The normalized spacial score (nSPS) is 17.9. The van der Waals surface area contributed by atoms with Crippen molar-refractivity contribution < 1.29 is 14.2 Å². The smallest absolute Gasteiger partial charge is 0.194 e. The van der Waals surface area contributed by atoms with Gasteiger partial charge >= 0.3 is 0 Å². The average Bonchev–Trinajstić information content (AvgIpc) is 3.10. The maximum absolute atomic E-state index is 5.54. The Hall–Kier alpha value is -1.38. The lowest BCUT2D eigenvalue weighted by Gasteiger charge is -2.38. The number of benzene rings is 1. The second-order valence-corrected chi connectivity index (χ2v) is 7.21. The molecule has 0 bridgehead atoms. The lowest BCUT2D eigenvalue weighted by Crippen LogP contribution is -2.42. The number of rotatable bonds is 6. The van der Waals surface area contributed by atoms with Crippen LogP contribution in [0.4, 0.5) is 0 Å². The first-order valence-electron chi connectivity index (χ1n) is 9.47. The molecule has 6 nitrogen and oxygen atoms in total. The van der Waals surface area contributed by atoms with E-state index >= 15 is 0 Å². The number of likely N-dealkylation sites (tertiary alicyclic amines) is 1. The van der Waals surface area contributed by atoms with E-state index in [1.54, 1.807) is 21.3 Å². The Morgan fingerprint density at radius 2 is 1.78 bits per heavy atom. The summed E-state index contributed by atoms with van der Waals surface area (Å²) in [4.78, 5) is 7.30. The highest BCUT2D eigenvalue weighted by molar-refractivity contribution is 14.0. The molecular weight excluding hydrogens is 457 g/mol. The van der Waals surface area contributed by atoms with Crippen molar-refractivity contribution in [1.82, 2.24) is 10.2 Å². The molecule has 0 unspecified atom stereocenters. The van der Waals surface area contributed by atoms with Gasteiger partial charge in [-0.1, -0.05) is 6.42 Å². The summed E-state index contributed by atoms with van der Waals surface area (Å²) in [5.74, 6) is 3.16. The maximum Gasteiger partial charge on any atom is 0.194 e. The van der Waals surface area contributed by atoms with Crippen molar-refractivity contribution in [2.45, 2.75) is 39.2 Å². The van der Waals surface area contributed by atoms with Gasteiger partial charge in [-0.15, -0.1) is 24.0 Å². The van der Waals surface area contributed by atoms with Crippen LogP contribution >= 0.6 is 24.0 Å². The Morgan fingerprint density at radius 3 is 2.22 bits per heavy atom. The quantitative estimate of drug-likeness (QED) is 0.376. The van der Waals surface area contributed by atoms with Crippen LogP contribution in [0.25, 0.3) is 0 Å². The number of methoxy groups -OCH3 is 3. The lowest BCUT2D eigenvalue weighted by molar-refractivity contribution is 0.151. The second-order valence-electron chi connectivity index (χ2n) is 7.21. The fourth-order valence-electron chi connectivity index (χ4n) is 4.01. The summed E-state index contributed by atoms with van der Waals surface area (Å²) >= 11 is 0. The van der Waals surface area contributed by atoms with Crippen molar-refractivity contribution in [3.8, 4) is 17.2 Å². The molecule has 1 aliphatic carbocycles. The van der Waals surface area contributed by atoms with Gasteiger partial charge in [0.05, 0.1) is 33.4 Å². The standard InChI is InChI=1S/C20H31N3O3.HI/c1-5-21-19(23-10-9-20(14-23)7-6-8-20)22-13-16-17(25-3)11-15(24-2)12-18(16)26-4;/h11-12H,5-10,13-14H2,1-4H3,(H,21,22);1H. The molecule has 1 aliphatic heterocycles. The Kier molecular flexibility index (Phi) is 7.88. The Labute approximate surface area is 179 Å². The van der Waals surface area contributed by atoms with E-state index in [1.165, 1.54) is 25.7 Å². The molecule has 1 aromatic carbocycles. The minimum Gasteiger partial charge on any atom is -0.496 e. The minimum absolute atomic E-state index is 0. The molecule has 27 heavy (non-hydrogen) atoms. The van der Waals surface area contributed by atoms with Crippen LogP contribution in [-0.4, -0.2) is 51.8 Å². The van der Waals surface area contributed by atoms with E-state index in [9.17, 15) is 0 Å². The van der Waals surface area contributed by atoms with E-state index in [0.717, 1.165) is 42.7 Å². The number of guanidine groups is 1. The van der Waals surface area contributed by atoms with E-state index in [-0.39, 0.29) is 24.0 Å². The van der Waals surface area contributed by atoms with Crippen LogP contribution in [0, 0.1) is 5.41 Å². The van der Waals surface area contributed by atoms with Gasteiger partial charge in [0.1, 0.15) is 17.2 Å². The van der Waals surface area contributed by atoms with E-state index < -0.39 is 0 Å². The molecule has 0 amide bonds. The molecule has 0 radical (unpaired) electrons. The van der Waals surface area contributed by atoms with Crippen molar-refractivity contribution in [3.63, 3.8) is 0 Å². The van der Waals surface area contributed by atoms with Crippen molar-refractivity contribution in [3.05, 3.63) is 17.7 Å². The van der Waals surface area contributed by atoms with Gasteiger partial charge in [-0.3, -0.25) is 0 Å². The van der Waals surface area contributed by atoms with Gasteiger partial charge < -0.3 is 24.4 Å². The summed E-state index contributed by atoms with van der Waals surface area (Å²) in [5.41, 5.74) is 1.48. The number of nitrogens with one attached hydrogen (secondary N) is 1. The summed E-state index contributed by atoms with van der Waals surface area (Å²) in [6.45, 7) is 5.68. The highest BCUT2D eigenvalue weighted by Gasteiger charge is 2.43. The second kappa shape index (κ2) is 9.71. The average molecular weight is 489 g/mol. The molecule has 3 rings (SSSR count). The van der Waals surface area contributed by atoms with Crippen LogP contribution in [0.5, 0.6) is 17.2 Å². The van der Waals surface area contributed by atoms with Crippen molar-refractivity contribution in [2.24, 2.45) is 10.4 Å². The monoisotopic (exact) mass is 489 g/mol. The van der Waals surface area contributed by atoms with Gasteiger partial charge in [-0.05, 0) is 31.6 Å². The Bertz CT molecular complexity index is 637. The van der Waals surface area contributed by atoms with Crippen LogP contribution in [0.15, 0.2) is 17.1 Å². The molecule has 2 aliphatic rings. The predicted octanol–water partition coefficient (Wildman–Crippen LogP) is 3.67. The van der Waals surface area contributed by atoms with Crippen molar-refractivity contribution in [2.75, 3.05) is 41.0 Å². The van der Waals surface area contributed by atoms with Gasteiger partial charge in [0, 0.05) is 31.8 Å². The molecule has 1 heterocycles. The van der Waals surface area contributed by atoms with E-state index in [1.807, 2.05) is 12.1 Å². The van der Waals surface area contributed by atoms with E-state index in [0.29, 0.717) is 17.7 Å². The molecule has 0 aromatic heterocycles. The fourth-order valence-corrected chi connectivity index (χ4v) is 4.01. The van der Waals surface area contributed by atoms with Crippen LogP contribution in [0.2, 0.25) is 0 Å². The summed E-state index contributed by atoms with van der Waals surface area (Å²) in [7, 11) is 4.96. The molecule has 1 N–H and O–H groups in total. The van der Waals surface area contributed by atoms with Gasteiger partial charge in [0.2, 0.25) is 0 Å². The molecule has 7 heteroatoms. The first kappa shape index (κ1) is 21.9. The number of ether oxygens (including phenoxy) is 3. The number of hydrogen-bond acceptors (Lipinski definition) is 4. The number of hydrogen-bond donors (Lipinski definition) is 1. The molecule has 2 fully saturated rings. The fraction of sp³-hybridized carbons (Fsp3) is 0.650. The Balaban J connectivity index is 0.00000261. The highest BCUT2D eigenvalue weighted by Crippen LogP contribution is 2.48. The van der Waals surface area contributed by atoms with E-state index in [2.05, 4.69) is 17.1 Å².